The van der Waals surface area contributed by atoms with Crippen molar-refractivity contribution >= 4 is 5.78 Å². The van der Waals surface area contributed by atoms with Gasteiger partial charge in [0.2, 0.25) is 0 Å². The topological polar surface area (TPSA) is 41.1 Å². The quantitative estimate of drug-likeness (QED) is 0.558. The van der Waals surface area contributed by atoms with E-state index in [2.05, 4.69) is 17.8 Å². The molecule has 0 aromatic carbocycles. The SMILES string of the molecule is CCC12C(=O)C3C4C3C1NNC42. The van der Waals surface area contributed by atoms with Gasteiger partial charge in [-0.1, -0.05) is 6.92 Å². The van der Waals surface area contributed by atoms with Crippen LogP contribution in [0.4, 0.5) is 0 Å². The smallest absolute Gasteiger partial charge is 0.146 e. The maximum absolute atomic E-state index is 11.9. The van der Waals surface area contributed by atoms with Crippen LogP contribution in [0.15, 0.2) is 0 Å². The molecule has 5 rings (SSSR count). The first kappa shape index (κ1) is 6.11. The molecule has 5 aliphatic rings. The summed E-state index contributed by atoms with van der Waals surface area (Å²) in [4.78, 5) is 11.9. The minimum atomic E-state index is 0.0139. The average Bonchev–Trinajstić information content (AvgIpc) is 2.39. The van der Waals surface area contributed by atoms with Crippen molar-refractivity contribution in [1.29, 1.82) is 0 Å². The number of rotatable bonds is 1. The summed E-state index contributed by atoms with van der Waals surface area (Å²) in [6.45, 7) is 2.15. The zero-order valence-electron chi connectivity index (χ0n) is 7.00. The van der Waals surface area contributed by atoms with Gasteiger partial charge in [-0.25, -0.2) is 0 Å². The van der Waals surface area contributed by atoms with Gasteiger partial charge in [-0.2, -0.15) is 0 Å². The lowest BCUT2D eigenvalue weighted by atomic mass is 9.80. The van der Waals surface area contributed by atoms with E-state index in [0.717, 1.165) is 6.42 Å². The van der Waals surface area contributed by atoms with Crippen LogP contribution in [0.5, 0.6) is 0 Å². The van der Waals surface area contributed by atoms with Gasteiger partial charge < -0.3 is 0 Å². The predicted molar refractivity (Wildman–Crippen MR) is 42.0 cm³/mol. The van der Waals surface area contributed by atoms with Gasteiger partial charge in [-0.15, -0.1) is 0 Å². The minimum absolute atomic E-state index is 0.0139. The summed E-state index contributed by atoms with van der Waals surface area (Å²) in [5.74, 6) is 2.43. The van der Waals surface area contributed by atoms with Crippen LogP contribution >= 0.6 is 0 Å². The Labute approximate surface area is 70.9 Å². The maximum Gasteiger partial charge on any atom is 0.146 e. The lowest BCUT2D eigenvalue weighted by molar-refractivity contribution is -0.125. The lowest BCUT2D eigenvalue weighted by Gasteiger charge is -2.23. The molecule has 0 spiro atoms. The van der Waals surface area contributed by atoms with Gasteiger partial charge in [0.25, 0.3) is 0 Å². The third-order valence-corrected chi connectivity index (χ3v) is 4.75. The number of carbonyl (C=O) groups excluding carboxylic acids is 1. The van der Waals surface area contributed by atoms with E-state index < -0.39 is 0 Å². The average molecular weight is 164 g/mol. The maximum atomic E-state index is 11.9. The van der Waals surface area contributed by atoms with Crippen LogP contribution in [-0.2, 0) is 4.79 Å². The highest BCUT2D eigenvalue weighted by Gasteiger charge is 2.87. The first-order valence-corrected chi connectivity index (χ1v) is 4.87. The minimum Gasteiger partial charge on any atom is -0.299 e. The molecule has 3 nitrogen and oxygen atoms in total. The van der Waals surface area contributed by atoms with Crippen LogP contribution in [0.2, 0.25) is 0 Å². The Balaban J connectivity index is 1.99. The van der Waals surface area contributed by atoms with Crippen LogP contribution in [0.1, 0.15) is 13.3 Å². The number of carbonyl (C=O) groups is 1. The number of nitrogens with one attached hydrogen (secondary N) is 2. The molecule has 5 fully saturated rings. The third kappa shape index (κ3) is 0.312. The monoisotopic (exact) mass is 164 g/mol. The first-order chi connectivity index (χ1) is 5.82. The summed E-state index contributed by atoms with van der Waals surface area (Å²) in [5, 5.41) is 0. The Morgan fingerprint density at radius 1 is 1.33 bits per heavy atom. The van der Waals surface area contributed by atoms with Crippen molar-refractivity contribution in [2.24, 2.45) is 23.2 Å². The summed E-state index contributed by atoms with van der Waals surface area (Å²) >= 11 is 0. The molecule has 0 aromatic rings. The molecule has 6 bridgehead atoms. The highest BCUT2D eigenvalue weighted by molar-refractivity contribution is 5.99. The van der Waals surface area contributed by atoms with E-state index in [1.165, 1.54) is 0 Å². The second-order valence-electron chi connectivity index (χ2n) is 4.68. The molecule has 1 aliphatic heterocycles. The van der Waals surface area contributed by atoms with E-state index in [4.69, 9.17) is 0 Å². The van der Waals surface area contributed by atoms with Gasteiger partial charge in [0.1, 0.15) is 5.78 Å². The molecular formula is C9H12N2O. The molecule has 4 aliphatic carbocycles. The largest absolute Gasteiger partial charge is 0.299 e. The van der Waals surface area contributed by atoms with Crippen molar-refractivity contribution in [3.8, 4) is 0 Å². The van der Waals surface area contributed by atoms with Crippen molar-refractivity contribution in [2.45, 2.75) is 25.4 Å². The fourth-order valence-corrected chi connectivity index (χ4v) is 4.31. The van der Waals surface area contributed by atoms with Crippen LogP contribution < -0.4 is 10.9 Å². The molecule has 1 heterocycles. The number of Topliss-reactive ketones (excluding diaryl/α,β-unsaturated/α-hetero) is 1. The van der Waals surface area contributed by atoms with E-state index in [1.807, 2.05) is 0 Å². The van der Waals surface area contributed by atoms with Gasteiger partial charge in [0.15, 0.2) is 0 Å². The molecule has 4 atom stereocenters. The van der Waals surface area contributed by atoms with Crippen LogP contribution in [-0.4, -0.2) is 17.9 Å². The molecular weight excluding hydrogens is 152 g/mol. The Morgan fingerprint density at radius 2 is 1.92 bits per heavy atom. The van der Waals surface area contributed by atoms with Gasteiger partial charge in [0.05, 0.1) is 5.41 Å². The van der Waals surface area contributed by atoms with Crippen LogP contribution in [0.25, 0.3) is 0 Å². The molecule has 12 heavy (non-hydrogen) atoms. The lowest BCUT2D eigenvalue weighted by Crippen LogP contribution is -2.39. The molecule has 4 unspecified atom stereocenters. The van der Waals surface area contributed by atoms with Crippen molar-refractivity contribution in [3.05, 3.63) is 0 Å². The fourth-order valence-electron chi connectivity index (χ4n) is 4.31. The Morgan fingerprint density at radius 3 is 2.33 bits per heavy atom. The number of ketones is 1. The Kier molecular flexibility index (Phi) is 0.701. The van der Waals surface area contributed by atoms with Crippen LogP contribution in [0.3, 0.4) is 0 Å². The number of hydrogen-bond acceptors (Lipinski definition) is 3. The van der Waals surface area contributed by atoms with Crippen molar-refractivity contribution in [2.75, 3.05) is 0 Å². The second-order valence-corrected chi connectivity index (χ2v) is 4.68. The summed E-state index contributed by atoms with van der Waals surface area (Å²) in [6.07, 6.45) is 1.02. The molecule has 64 valence electrons. The molecule has 1 saturated heterocycles. The second kappa shape index (κ2) is 1.38. The van der Waals surface area contributed by atoms with E-state index in [0.29, 0.717) is 35.6 Å². The van der Waals surface area contributed by atoms with Gasteiger partial charge in [-0.05, 0) is 18.3 Å². The number of hydrazine groups is 1. The highest BCUT2D eigenvalue weighted by Crippen LogP contribution is 2.75. The van der Waals surface area contributed by atoms with E-state index in [9.17, 15) is 4.79 Å². The molecule has 0 aromatic heterocycles. The van der Waals surface area contributed by atoms with E-state index in [1.54, 1.807) is 0 Å². The van der Waals surface area contributed by atoms with Crippen LogP contribution in [0, 0.1) is 23.2 Å². The molecule has 4 saturated carbocycles. The normalized spacial score (nSPS) is 69.4. The van der Waals surface area contributed by atoms with Gasteiger partial charge in [-0.3, -0.25) is 15.6 Å². The van der Waals surface area contributed by atoms with Crippen molar-refractivity contribution in [3.63, 3.8) is 0 Å². The number of hydrogen-bond donors (Lipinski definition) is 2. The first-order valence-electron chi connectivity index (χ1n) is 4.87. The zero-order chi connectivity index (χ0) is 8.09. The molecule has 0 amide bonds. The molecule has 0 radical (unpaired) electrons. The molecule has 2 N–H and O–H groups in total. The standard InChI is InChI=1S/C9H12N2O/c1-2-9-6-3-4(5(3)8(9)12)7(9)11-10-6/h3-7,10-11H,2H2,1H3. The zero-order valence-corrected chi connectivity index (χ0v) is 7.00. The third-order valence-electron chi connectivity index (χ3n) is 4.75. The van der Waals surface area contributed by atoms with E-state index in [-0.39, 0.29) is 5.41 Å². The molecule has 3 heteroatoms. The summed E-state index contributed by atoms with van der Waals surface area (Å²) < 4.78 is 0. The summed E-state index contributed by atoms with van der Waals surface area (Å²) in [5.41, 5.74) is 6.59. The van der Waals surface area contributed by atoms with Crippen molar-refractivity contribution in [1.82, 2.24) is 10.9 Å². The van der Waals surface area contributed by atoms with Gasteiger partial charge >= 0.3 is 0 Å². The Bertz CT molecular complexity index is 283. The van der Waals surface area contributed by atoms with Gasteiger partial charge in [0, 0.05) is 18.0 Å². The fraction of sp³-hybridized carbons (Fsp3) is 0.889. The Hall–Kier alpha value is -0.410. The predicted octanol–water partition coefficient (Wildman–Crippen LogP) is -0.314. The highest BCUT2D eigenvalue weighted by atomic mass is 16.1. The van der Waals surface area contributed by atoms with E-state index >= 15 is 0 Å². The van der Waals surface area contributed by atoms with Crippen molar-refractivity contribution < 1.29 is 4.79 Å². The summed E-state index contributed by atoms with van der Waals surface area (Å²) in [6, 6.07) is 0.963. The summed E-state index contributed by atoms with van der Waals surface area (Å²) in [7, 11) is 0.